The van der Waals surface area contributed by atoms with Crippen molar-refractivity contribution in [1.29, 1.82) is 0 Å². The lowest BCUT2D eigenvalue weighted by molar-refractivity contribution is 0.0574. The summed E-state index contributed by atoms with van der Waals surface area (Å²) in [7, 11) is 0. The van der Waals surface area contributed by atoms with Crippen molar-refractivity contribution >= 4 is 5.78 Å². The molecule has 1 fully saturated rings. The number of Topliss-reactive ketones (excluding diaryl/α,β-unsaturated/α-hetero) is 1. The maximum Gasteiger partial charge on any atom is 0.194 e. The first-order chi connectivity index (χ1) is 7.61. The van der Waals surface area contributed by atoms with Crippen LogP contribution in [0.25, 0.3) is 0 Å². The zero-order valence-corrected chi connectivity index (χ0v) is 8.87. The van der Waals surface area contributed by atoms with E-state index in [2.05, 4.69) is 0 Å². The number of halogens is 2. The Labute approximate surface area is 92.2 Å². The van der Waals surface area contributed by atoms with Crippen molar-refractivity contribution in [1.82, 2.24) is 0 Å². The minimum atomic E-state index is -1.09. The molecule has 0 radical (unpaired) electrons. The van der Waals surface area contributed by atoms with Crippen molar-refractivity contribution in [2.45, 2.75) is 19.4 Å². The van der Waals surface area contributed by atoms with Gasteiger partial charge in [-0.15, -0.1) is 0 Å². The number of benzene rings is 1. The Bertz CT molecular complexity index is 417. The summed E-state index contributed by atoms with van der Waals surface area (Å²) in [5, 5.41) is 0. The topological polar surface area (TPSA) is 26.3 Å². The third kappa shape index (κ3) is 1.85. The second-order valence-electron chi connectivity index (χ2n) is 4.02. The molecule has 1 aliphatic rings. The van der Waals surface area contributed by atoms with Gasteiger partial charge in [0.2, 0.25) is 0 Å². The Kier molecular flexibility index (Phi) is 3.01. The summed E-state index contributed by atoms with van der Waals surface area (Å²) in [6.07, 6.45) is 0.129. The minimum Gasteiger partial charge on any atom is -0.370 e. The van der Waals surface area contributed by atoms with Crippen molar-refractivity contribution in [3.63, 3.8) is 0 Å². The van der Waals surface area contributed by atoms with Crippen LogP contribution in [0.4, 0.5) is 8.78 Å². The molecule has 2 rings (SSSR count). The first-order valence-corrected chi connectivity index (χ1v) is 5.21. The zero-order valence-electron chi connectivity index (χ0n) is 8.87. The van der Waals surface area contributed by atoms with Crippen molar-refractivity contribution in [2.24, 2.45) is 5.92 Å². The fraction of sp³-hybridized carbons (Fsp3) is 0.417. The van der Waals surface area contributed by atoms with E-state index in [-0.39, 0.29) is 11.5 Å². The van der Waals surface area contributed by atoms with Crippen molar-refractivity contribution in [2.75, 3.05) is 6.61 Å². The Morgan fingerprint density at radius 2 is 2.19 bits per heavy atom. The summed E-state index contributed by atoms with van der Waals surface area (Å²) in [5.74, 6) is -2.51. The van der Waals surface area contributed by atoms with Crippen LogP contribution in [0, 0.1) is 17.6 Å². The molecular weight excluding hydrogens is 214 g/mol. The second kappa shape index (κ2) is 4.29. The summed E-state index contributed by atoms with van der Waals surface area (Å²) in [6.45, 7) is 2.36. The highest BCUT2D eigenvalue weighted by Gasteiger charge is 2.33. The lowest BCUT2D eigenvalue weighted by Gasteiger charge is -2.13. The van der Waals surface area contributed by atoms with E-state index >= 15 is 0 Å². The van der Waals surface area contributed by atoms with Gasteiger partial charge < -0.3 is 4.74 Å². The van der Waals surface area contributed by atoms with Crippen LogP contribution in [-0.2, 0) is 4.74 Å². The maximum absolute atomic E-state index is 13.4. The van der Waals surface area contributed by atoms with Crippen LogP contribution in [0.1, 0.15) is 23.7 Å². The summed E-state index contributed by atoms with van der Waals surface area (Å²) in [5.41, 5.74) is -0.223. The highest BCUT2D eigenvalue weighted by atomic mass is 19.2. The predicted molar refractivity (Wildman–Crippen MR) is 54.2 cm³/mol. The molecule has 0 saturated carbocycles. The van der Waals surface area contributed by atoms with Crippen molar-refractivity contribution in [3.8, 4) is 0 Å². The SMILES string of the molecule is CC1CCOC1C(=O)c1cccc(F)c1F. The number of carbonyl (C=O) groups is 1. The molecule has 1 heterocycles. The summed E-state index contributed by atoms with van der Waals surface area (Å²) < 4.78 is 31.6. The fourth-order valence-corrected chi connectivity index (χ4v) is 1.88. The lowest BCUT2D eigenvalue weighted by Crippen LogP contribution is -2.26. The van der Waals surface area contributed by atoms with Gasteiger partial charge >= 0.3 is 0 Å². The van der Waals surface area contributed by atoms with E-state index in [1.807, 2.05) is 6.92 Å². The normalized spacial score (nSPS) is 24.7. The van der Waals surface area contributed by atoms with Gasteiger partial charge in [-0.3, -0.25) is 4.79 Å². The lowest BCUT2D eigenvalue weighted by atomic mass is 9.96. The third-order valence-electron chi connectivity index (χ3n) is 2.86. The number of hydrogen-bond acceptors (Lipinski definition) is 2. The second-order valence-corrected chi connectivity index (χ2v) is 4.02. The van der Waals surface area contributed by atoms with Gasteiger partial charge in [-0.05, 0) is 24.5 Å². The molecule has 2 nitrogen and oxygen atoms in total. The molecule has 0 N–H and O–H groups in total. The van der Waals surface area contributed by atoms with Gasteiger partial charge in [-0.2, -0.15) is 0 Å². The third-order valence-corrected chi connectivity index (χ3v) is 2.86. The summed E-state index contributed by atoms with van der Waals surface area (Å²) in [4.78, 5) is 11.9. The Morgan fingerprint density at radius 1 is 1.44 bits per heavy atom. The molecule has 0 bridgehead atoms. The van der Waals surface area contributed by atoms with Crippen LogP contribution in [-0.4, -0.2) is 18.5 Å². The van der Waals surface area contributed by atoms with E-state index in [1.54, 1.807) is 0 Å². The smallest absolute Gasteiger partial charge is 0.194 e. The van der Waals surface area contributed by atoms with Gasteiger partial charge in [0.15, 0.2) is 17.4 Å². The summed E-state index contributed by atoms with van der Waals surface area (Å²) >= 11 is 0. The monoisotopic (exact) mass is 226 g/mol. The zero-order chi connectivity index (χ0) is 11.7. The number of ketones is 1. The molecule has 4 heteroatoms. The molecule has 0 spiro atoms. The Balaban J connectivity index is 2.30. The summed E-state index contributed by atoms with van der Waals surface area (Å²) in [6, 6.07) is 3.60. The molecule has 0 aromatic heterocycles. The van der Waals surface area contributed by atoms with Crippen LogP contribution >= 0.6 is 0 Å². The molecule has 1 aliphatic heterocycles. The number of rotatable bonds is 2. The molecule has 16 heavy (non-hydrogen) atoms. The fourth-order valence-electron chi connectivity index (χ4n) is 1.88. The van der Waals surface area contributed by atoms with Crippen molar-refractivity contribution < 1.29 is 18.3 Å². The standard InChI is InChI=1S/C12H12F2O2/c1-7-5-6-16-12(7)11(15)8-3-2-4-9(13)10(8)14/h2-4,7,12H,5-6H2,1H3. The number of ether oxygens (including phenoxy) is 1. The molecule has 2 unspecified atom stereocenters. The predicted octanol–water partition coefficient (Wildman–Crippen LogP) is 2.57. The van der Waals surface area contributed by atoms with Gasteiger partial charge in [-0.1, -0.05) is 13.0 Å². The van der Waals surface area contributed by atoms with E-state index in [0.717, 1.165) is 12.5 Å². The van der Waals surface area contributed by atoms with Gasteiger partial charge in [0, 0.05) is 6.61 Å². The largest absolute Gasteiger partial charge is 0.370 e. The molecular formula is C12H12F2O2. The molecule has 1 aromatic rings. The van der Waals surface area contributed by atoms with Gasteiger partial charge in [-0.25, -0.2) is 8.78 Å². The Morgan fingerprint density at radius 3 is 2.81 bits per heavy atom. The molecule has 0 aliphatic carbocycles. The van der Waals surface area contributed by atoms with Crippen LogP contribution in [0.3, 0.4) is 0 Å². The number of carbonyl (C=O) groups excluding carboxylic acids is 1. The van der Waals surface area contributed by atoms with Gasteiger partial charge in [0.1, 0.15) is 6.10 Å². The van der Waals surface area contributed by atoms with E-state index in [4.69, 9.17) is 4.74 Å². The first kappa shape index (κ1) is 11.2. The van der Waals surface area contributed by atoms with E-state index in [1.165, 1.54) is 12.1 Å². The molecule has 1 aromatic carbocycles. The molecule has 2 atom stereocenters. The number of hydrogen-bond donors (Lipinski definition) is 0. The minimum absolute atomic E-state index is 0.0511. The van der Waals surface area contributed by atoms with Crippen LogP contribution in [0.2, 0.25) is 0 Å². The molecule has 0 amide bonds. The average Bonchev–Trinajstić information content (AvgIpc) is 2.68. The van der Waals surface area contributed by atoms with E-state index in [0.29, 0.717) is 6.61 Å². The first-order valence-electron chi connectivity index (χ1n) is 5.21. The molecule has 86 valence electrons. The van der Waals surface area contributed by atoms with Crippen LogP contribution in [0.5, 0.6) is 0 Å². The van der Waals surface area contributed by atoms with E-state index in [9.17, 15) is 13.6 Å². The quantitative estimate of drug-likeness (QED) is 0.724. The van der Waals surface area contributed by atoms with Gasteiger partial charge in [0.25, 0.3) is 0 Å². The average molecular weight is 226 g/mol. The maximum atomic E-state index is 13.4. The van der Waals surface area contributed by atoms with Gasteiger partial charge in [0.05, 0.1) is 5.56 Å². The van der Waals surface area contributed by atoms with Crippen LogP contribution in [0.15, 0.2) is 18.2 Å². The highest BCUT2D eigenvalue weighted by molar-refractivity contribution is 6.00. The highest BCUT2D eigenvalue weighted by Crippen LogP contribution is 2.25. The Hall–Kier alpha value is -1.29. The van der Waals surface area contributed by atoms with Crippen LogP contribution < -0.4 is 0 Å². The van der Waals surface area contributed by atoms with Crippen molar-refractivity contribution in [3.05, 3.63) is 35.4 Å². The molecule has 1 saturated heterocycles. The van der Waals surface area contributed by atoms with E-state index < -0.39 is 23.5 Å².